The van der Waals surface area contributed by atoms with E-state index < -0.39 is 6.04 Å². The van der Waals surface area contributed by atoms with Gasteiger partial charge in [-0.3, -0.25) is 19.3 Å². The van der Waals surface area contributed by atoms with Crippen LogP contribution < -0.4 is 5.32 Å². The van der Waals surface area contributed by atoms with Crippen molar-refractivity contribution in [2.45, 2.75) is 58.5 Å². The highest BCUT2D eigenvalue weighted by Gasteiger charge is 2.42. The van der Waals surface area contributed by atoms with E-state index in [4.69, 9.17) is 0 Å². The smallest absolute Gasteiger partial charge is 0.262 e. The van der Waals surface area contributed by atoms with Crippen LogP contribution in [0.2, 0.25) is 0 Å². The molecule has 1 N–H and O–H groups in total. The van der Waals surface area contributed by atoms with Crippen molar-refractivity contribution >= 4 is 29.5 Å². The molecule has 5 nitrogen and oxygen atoms in total. The summed E-state index contributed by atoms with van der Waals surface area (Å²) in [6.45, 7) is 6.35. The SMILES string of the molecule is CSCCC(C(=O)NC(C)CCCC(C)C)N1C(=O)c2ccccc2C1=O. The fourth-order valence-electron chi connectivity index (χ4n) is 3.34. The highest BCUT2D eigenvalue weighted by atomic mass is 32.2. The van der Waals surface area contributed by atoms with Gasteiger partial charge in [0.25, 0.3) is 11.8 Å². The molecule has 2 atom stereocenters. The minimum atomic E-state index is -0.766. The maximum absolute atomic E-state index is 12.9. The first-order chi connectivity index (χ1) is 12.9. The molecule has 1 aromatic rings. The number of rotatable bonds is 10. The lowest BCUT2D eigenvalue weighted by Crippen LogP contribution is -2.51. The molecule has 1 aliphatic rings. The minimum absolute atomic E-state index is 0.0169. The Hall–Kier alpha value is -1.82. The number of amides is 3. The van der Waals surface area contributed by atoms with Crippen LogP contribution in [0.15, 0.2) is 24.3 Å². The molecule has 1 heterocycles. The van der Waals surface area contributed by atoms with E-state index in [1.54, 1.807) is 36.0 Å². The van der Waals surface area contributed by atoms with Crippen molar-refractivity contribution in [2.75, 3.05) is 12.0 Å². The van der Waals surface area contributed by atoms with E-state index in [1.807, 2.05) is 13.2 Å². The van der Waals surface area contributed by atoms with Crippen molar-refractivity contribution in [3.8, 4) is 0 Å². The second-order valence-corrected chi connectivity index (χ2v) is 8.54. The van der Waals surface area contributed by atoms with Gasteiger partial charge in [-0.25, -0.2) is 0 Å². The van der Waals surface area contributed by atoms with Crippen molar-refractivity contribution < 1.29 is 14.4 Å². The van der Waals surface area contributed by atoms with Crippen LogP contribution >= 0.6 is 11.8 Å². The standard InChI is InChI=1S/C21H30N2O3S/c1-14(2)8-7-9-15(3)22-19(24)18(12-13-27-4)23-20(25)16-10-5-6-11-17(16)21(23)26/h5-6,10-11,14-15,18H,7-9,12-13H2,1-4H3,(H,22,24). The molecule has 0 bridgehead atoms. The molecule has 0 aromatic heterocycles. The molecule has 2 rings (SSSR count). The predicted molar refractivity (Wildman–Crippen MR) is 110 cm³/mol. The Morgan fingerprint density at radius 3 is 2.15 bits per heavy atom. The quantitative estimate of drug-likeness (QED) is 0.618. The number of hydrogen-bond donors (Lipinski definition) is 1. The predicted octanol–water partition coefficient (Wildman–Crippen LogP) is 3.74. The van der Waals surface area contributed by atoms with Gasteiger partial charge >= 0.3 is 0 Å². The largest absolute Gasteiger partial charge is 0.352 e. The summed E-state index contributed by atoms with van der Waals surface area (Å²) in [6, 6.07) is 6.02. The van der Waals surface area contributed by atoms with Crippen molar-refractivity contribution in [3.63, 3.8) is 0 Å². The van der Waals surface area contributed by atoms with Gasteiger partial charge < -0.3 is 5.32 Å². The van der Waals surface area contributed by atoms with E-state index in [2.05, 4.69) is 19.2 Å². The molecular weight excluding hydrogens is 360 g/mol. The van der Waals surface area contributed by atoms with Crippen LogP contribution in [0.4, 0.5) is 0 Å². The second-order valence-electron chi connectivity index (χ2n) is 7.56. The zero-order chi connectivity index (χ0) is 20.0. The zero-order valence-electron chi connectivity index (χ0n) is 16.7. The van der Waals surface area contributed by atoms with E-state index in [1.165, 1.54) is 0 Å². The van der Waals surface area contributed by atoms with Gasteiger partial charge in [0.2, 0.25) is 5.91 Å². The van der Waals surface area contributed by atoms with Crippen LogP contribution in [-0.2, 0) is 4.79 Å². The molecule has 0 aliphatic carbocycles. The van der Waals surface area contributed by atoms with E-state index in [9.17, 15) is 14.4 Å². The summed E-state index contributed by atoms with van der Waals surface area (Å²) in [4.78, 5) is 39.6. The van der Waals surface area contributed by atoms with Crippen LogP contribution in [-0.4, -0.2) is 46.7 Å². The Morgan fingerprint density at radius 2 is 1.63 bits per heavy atom. The third-order valence-corrected chi connectivity index (χ3v) is 5.49. The summed E-state index contributed by atoms with van der Waals surface area (Å²) < 4.78 is 0. The van der Waals surface area contributed by atoms with Gasteiger partial charge in [-0.2, -0.15) is 11.8 Å². The first kappa shape index (κ1) is 21.5. The number of nitrogens with one attached hydrogen (secondary N) is 1. The number of benzene rings is 1. The Bertz CT molecular complexity index is 655. The van der Waals surface area contributed by atoms with E-state index in [0.717, 1.165) is 24.2 Å². The van der Waals surface area contributed by atoms with Gasteiger partial charge in [0.15, 0.2) is 0 Å². The molecular formula is C21H30N2O3S. The highest BCUT2D eigenvalue weighted by molar-refractivity contribution is 7.98. The number of hydrogen-bond acceptors (Lipinski definition) is 4. The van der Waals surface area contributed by atoms with Gasteiger partial charge in [-0.1, -0.05) is 38.8 Å². The van der Waals surface area contributed by atoms with Crippen LogP contribution in [0.25, 0.3) is 0 Å². The summed E-state index contributed by atoms with van der Waals surface area (Å²) in [7, 11) is 0. The maximum Gasteiger partial charge on any atom is 0.262 e. The van der Waals surface area contributed by atoms with Crippen molar-refractivity contribution in [3.05, 3.63) is 35.4 Å². The molecule has 6 heteroatoms. The van der Waals surface area contributed by atoms with Crippen molar-refractivity contribution in [1.29, 1.82) is 0 Å². The van der Waals surface area contributed by atoms with Gasteiger partial charge in [-0.05, 0) is 49.8 Å². The normalized spacial score (nSPS) is 15.8. The average molecular weight is 391 g/mol. The van der Waals surface area contributed by atoms with Gasteiger partial charge in [0.05, 0.1) is 11.1 Å². The Labute approximate surface area is 166 Å². The molecule has 2 unspecified atom stereocenters. The molecule has 27 heavy (non-hydrogen) atoms. The van der Waals surface area contributed by atoms with Crippen LogP contribution in [0.5, 0.6) is 0 Å². The fraction of sp³-hybridized carbons (Fsp3) is 0.571. The zero-order valence-corrected chi connectivity index (χ0v) is 17.5. The number of carbonyl (C=O) groups is 3. The average Bonchev–Trinajstić information content (AvgIpc) is 2.87. The summed E-state index contributed by atoms with van der Waals surface area (Å²) >= 11 is 1.60. The highest BCUT2D eigenvalue weighted by Crippen LogP contribution is 2.26. The van der Waals surface area contributed by atoms with Crippen LogP contribution in [0, 0.1) is 5.92 Å². The fourth-order valence-corrected chi connectivity index (χ4v) is 3.80. The molecule has 0 radical (unpaired) electrons. The van der Waals surface area contributed by atoms with Gasteiger partial charge in [0.1, 0.15) is 6.04 Å². The molecule has 148 valence electrons. The Morgan fingerprint density at radius 1 is 1.04 bits per heavy atom. The van der Waals surface area contributed by atoms with Gasteiger partial charge in [0, 0.05) is 6.04 Å². The third-order valence-electron chi connectivity index (χ3n) is 4.84. The number of fused-ring (bicyclic) bond motifs is 1. The third kappa shape index (κ3) is 5.34. The van der Waals surface area contributed by atoms with E-state index in [0.29, 0.717) is 29.2 Å². The Kier molecular flexibility index (Phi) is 7.90. The molecule has 0 spiro atoms. The van der Waals surface area contributed by atoms with Crippen molar-refractivity contribution in [1.82, 2.24) is 10.2 Å². The summed E-state index contributed by atoms with van der Waals surface area (Å²) in [6.07, 6.45) is 5.46. The van der Waals surface area contributed by atoms with Crippen molar-refractivity contribution in [2.24, 2.45) is 5.92 Å². The lowest BCUT2D eigenvalue weighted by Gasteiger charge is -2.27. The molecule has 0 saturated heterocycles. The van der Waals surface area contributed by atoms with Crippen LogP contribution in [0.3, 0.4) is 0 Å². The maximum atomic E-state index is 12.9. The molecule has 1 aliphatic heterocycles. The first-order valence-corrected chi connectivity index (χ1v) is 11.0. The summed E-state index contributed by atoms with van der Waals surface area (Å²) in [5.41, 5.74) is 0.767. The number of thioether (sulfide) groups is 1. The lowest BCUT2D eigenvalue weighted by molar-refractivity contribution is -0.125. The summed E-state index contributed by atoms with van der Waals surface area (Å²) in [5.74, 6) is 0.359. The van der Waals surface area contributed by atoms with Crippen LogP contribution in [0.1, 0.15) is 67.2 Å². The summed E-state index contributed by atoms with van der Waals surface area (Å²) in [5, 5.41) is 3.01. The monoisotopic (exact) mass is 390 g/mol. The molecule has 0 saturated carbocycles. The minimum Gasteiger partial charge on any atom is -0.352 e. The number of carbonyl (C=O) groups excluding carboxylic acids is 3. The lowest BCUT2D eigenvalue weighted by atomic mass is 10.0. The van der Waals surface area contributed by atoms with Gasteiger partial charge in [-0.15, -0.1) is 0 Å². The van der Waals surface area contributed by atoms with E-state index >= 15 is 0 Å². The number of imide groups is 1. The molecule has 1 aromatic carbocycles. The molecule has 3 amide bonds. The first-order valence-electron chi connectivity index (χ1n) is 9.63. The topological polar surface area (TPSA) is 66.5 Å². The molecule has 0 fully saturated rings. The number of nitrogens with zero attached hydrogens (tertiary/aromatic N) is 1. The Balaban J connectivity index is 2.10. The second kappa shape index (κ2) is 9.93. The van der Waals surface area contributed by atoms with E-state index in [-0.39, 0.29) is 23.8 Å².